The number of rotatable bonds is 7. The summed E-state index contributed by atoms with van der Waals surface area (Å²) in [6.45, 7) is 9.07. The van der Waals surface area contributed by atoms with Gasteiger partial charge in [-0.1, -0.05) is 20.3 Å². The van der Waals surface area contributed by atoms with E-state index in [4.69, 9.17) is 0 Å². The third kappa shape index (κ3) is 4.70. The number of aryl methyl sites for hydroxylation is 2. The number of nitrogens with one attached hydrogen (secondary N) is 1. The first-order valence-corrected chi connectivity index (χ1v) is 10.2. The van der Waals surface area contributed by atoms with Gasteiger partial charge in [-0.05, 0) is 37.9 Å². The molecule has 0 radical (unpaired) electrons. The average Bonchev–Trinajstić information content (AvgIpc) is 3.17. The normalized spacial score (nSPS) is 15.0. The molecule has 1 N–H and O–H groups in total. The van der Waals surface area contributed by atoms with E-state index in [1.165, 1.54) is 17.0 Å². The molecule has 1 aliphatic heterocycles. The van der Waals surface area contributed by atoms with Crippen molar-refractivity contribution < 1.29 is 4.79 Å². The zero-order valence-electron chi connectivity index (χ0n) is 15.3. The fraction of sp³-hybridized carbons (Fsp3) is 0.579. The first kappa shape index (κ1) is 18.1. The maximum Gasteiger partial charge on any atom is 0.252 e. The monoisotopic (exact) mass is 360 g/mol. The van der Waals surface area contributed by atoms with E-state index in [-0.39, 0.29) is 5.91 Å². The fourth-order valence-corrected chi connectivity index (χ4v) is 4.30. The second-order valence-electron chi connectivity index (χ2n) is 6.71. The van der Waals surface area contributed by atoms with E-state index in [0.717, 1.165) is 56.7 Å². The summed E-state index contributed by atoms with van der Waals surface area (Å²) in [5.41, 5.74) is 2.98. The topological polar surface area (TPSA) is 50.2 Å². The largest absolute Gasteiger partial charge is 0.346 e. The van der Waals surface area contributed by atoms with E-state index in [0.29, 0.717) is 6.54 Å². The van der Waals surface area contributed by atoms with Crippen LogP contribution in [0.4, 0.5) is 0 Å². The van der Waals surface area contributed by atoms with Gasteiger partial charge in [0.2, 0.25) is 0 Å². The van der Waals surface area contributed by atoms with Crippen molar-refractivity contribution in [3.05, 3.63) is 39.3 Å². The van der Waals surface area contributed by atoms with Gasteiger partial charge in [0, 0.05) is 29.9 Å². The Bertz CT molecular complexity index is 706. The van der Waals surface area contributed by atoms with Gasteiger partial charge in [0.05, 0.1) is 23.5 Å². The Morgan fingerprint density at radius 2 is 2.16 bits per heavy atom. The van der Waals surface area contributed by atoms with Crippen LogP contribution >= 0.6 is 11.3 Å². The van der Waals surface area contributed by atoms with Gasteiger partial charge in [0.15, 0.2) is 0 Å². The molecule has 0 aliphatic carbocycles. The lowest BCUT2D eigenvalue weighted by molar-refractivity contribution is 0.0950. The summed E-state index contributed by atoms with van der Waals surface area (Å²) >= 11 is 1.67. The van der Waals surface area contributed by atoms with E-state index < -0.39 is 0 Å². The third-order valence-corrected chi connectivity index (χ3v) is 5.52. The summed E-state index contributed by atoms with van der Waals surface area (Å²) < 4.78 is 2.11. The highest BCUT2D eigenvalue weighted by Crippen LogP contribution is 2.17. The van der Waals surface area contributed by atoms with Crippen LogP contribution in [0.15, 0.2) is 17.5 Å². The number of amides is 1. The minimum Gasteiger partial charge on any atom is -0.346 e. The van der Waals surface area contributed by atoms with Crippen molar-refractivity contribution in [1.29, 1.82) is 0 Å². The molecule has 0 spiro atoms. The number of hydrogen-bond acceptors (Lipinski definition) is 4. The summed E-state index contributed by atoms with van der Waals surface area (Å²) in [5, 5.41) is 9.64. The minimum atomic E-state index is -0.00518. The van der Waals surface area contributed by atoms with Gasteiger partial charge in [-0.3, -0.25) is 14.4 Å². The Hall–Kier alpha value is -1.66. The Labute approximate surface area is 154 Å². The minimum absolute atomic E-state index is 0.00518. The molecular weight excluding hydrogens is 332 g/mol. The molecule has 136 valence electrons. The molecule has 3 rings (SSSR count). The molecule has 0 aromatic carbocycles. The maximum absolute atomic E-state index is 12.3. The Morgan fingerprint density at radius 1 is 1.28 bits per heavy atom. The standard InChI is InChI=1S/C19H28N4OS/c1-3-6-18-10-15(14-25-18)19(24)20-12-16-11-17-13-22(7-4-2)8-5-9-23(17)21-16/h10-11,14H,3-9,12-13H2,1-2H3,(H,20,24). The number of hydrogen-bond donors (Lipinski definition) is 1. The van der Waals surface area contributed by atoms with Crippen LogP contribution in [0.25, 0.3) is 0 Å². The first-order chi connectivity index (χ1) is 12.2. The molecule has 2 aromatic rings. The van der Waals surface area contributed by atoms with Crippen molar-refractivity contribution in [1.82, 2.24) is 20.0 Å². The lowest BCUT2D eigenvalue weighted by Gasteiger charge is -2.17. The molecule has 0 bridgehead atoms. The molecule has 3 heterocycles. The molecule has 25 heavy (non-hydrogen) atoms. The van der Waals surface area contributed by atoms with Crippen LogP contribution in [0.2, 0.25) is 0 Å². The Morgan fingerprint density at radius 3 is 2.96 bits per heavy atom. The number of nitrogens with zero attached hydrogens (tertiary/aromatic N) is 3. The van der Waals surface area contributed by atoms with Crippen molar-refractivity contribution >= 4 is 17.2 Å². The molecule has 2 aromatic heterocycles. The quantitative estimate of drug-likeness (QED) is 0.823. The highest BCUT2D eigenvalue weighted by Gasteiger charge is 2.16. The molecule has 0 unspecified atom stereocenters. The molecule has 1 amide bonds. The van der Waals surface area contributed by atoms with Gasteiger partial charge in [0.1, 0.15) is 0 Å². The summed E-state index contributed by atoms with van der Waals surface area (Å²) in [6, 6.07) is 4.15. The smallest absolute Gasteiger partial charge is 0.252 e. The van der Waals surface area contributed by atoms with E-state index >= 15 is 0 Å². The van der Waals surface area contributed by atoms with Crippen molar-refractivity contribution in [2.45, 2.75) is 59.2 Å². The van der Waals surface area contributed by atoms with Crippen molar-refractivity contribution in [3.63, 3.8) is 0 Å². The van der Waals surface area contributed by atoms with Crippen LogP contribution in [0, 0.1) is 0 Å². The molecule has 0 atom stereocenters. The van der Waals surface area contributed by atoms with Crippen LogP contribution in [0.3, 0.4) is 0 Å². The number of aromatic nitrogens is 2. The van der Waals surface area contributed by atoms with Gasteiger partial charge in [-0.15, -0.1) is 11.3 Å². The van der Waals surface area contributed by atoms with Crippen LogP contribution in [0.5, 0.6) is 0 Å². The van der Waals surface area contributed by atoms with Gasteiger partial charge in [0.25, 0.3) is 5.91 Å². The van der Waals surface area contributed by atoms with Gasteiger partial charge < -0.3 is 5.32 Å². The highest BCUT2D eigenvalue weighted by atomic mass is 32.1. The van der Waals surface area contributed by atoms with Crippen molar-refractivity contribution in [2.75, 3.05) is 13.1 Å². The number of carbonyl (C=O) groups excluding carboxylic acids is 1. The molecule has 6 heteroatoms. The second-order valence-corrected chi connectivity index (χ2v) is 7.71. The molecule has 0 saturated heterocycles. The van der Waals surface area contributed by atoms with Crippen LogP contribution in [0.1, 0.15) is 59.7 Å². The van der Waals surface area contributed by atoms with Crippen molar-refractivity contribution in [2.24, 2.45) is 0 Å². The predicted octanol–water partition coefficient (Wildman–Crippen LogP) is 3.44. The summed E-state index contributed by atoms with van der Waals surface area (Å²) in [4.78, 5) is 16.1. The number of fused-ring (bicyclic) bond motifs is 1. The molecular formula is C19H28N4OS. The molecule has 0 saturated carbocycles. The average molecular weight is 361 g/mol. The van der Waals surface area contributed by atoms with Crippen LogP contribution in [-0.2, 0) is 26.1 Å². The van der Waals surface area contributed by atoms with Gasteiger partial charge in [-0.2, -0.15) is 5.10 Å². The van der Waals surface area contributed by atoms with E-state index in [2.05, 4.69) is 39.9 Å². The molecule has 5 nitrogen and oxygen atoms in total. The summed E-state index contributed by atoms with van der Waals surface area (Å²) in [7, 11) is 0. The molecule has 0 fully saturated rings. The second kappa shape index (κ2) is 8.63. The van der Waals surface area contributed by atoms with E-state index in [1.807, 2.05) is 11.4 Å². The SMILES string of the molecule is CCCc1cc(C(=O)NCc2cc3n(n2)CCCN(CCC)C3)cs1. The Kier molecular flexibility index (Phi) is 6.26. The zero-order valence-corrected chi connectivity index (χ0v) is 16.1. The molecule has 1 aliphatic rings. The zero-order chi connectivity index (χ0) is 17.6. The highest BCUT2D eigenvalue weighted by molar-refractivity contribution is 7.10. The van der Waals surface area contributed by atoms with Crippen LogP contribution in [-0.4, -0.2) is 33.7 Å². The first-order valence-electron chi connectivity index (χ1n) is 9.33. The predicted molar refractivity (Wildman–Crippen MR) is 102 cm³/mol. The lowest BCUT2D eigenvalue weighted by Crippen LogP contribution is -2.24. The van der Waals surface area contributed by atoms with Crippen LogP contribution < -0.4 is 5.32 Å². The summed E-state index contributed by atoms with van der Waals surface area (Å²) in [5.74, 6) is -0.00518. The van der Waals surface area contributed by atoms with Gasteiger partial charge in [-0.25, -0.2) is 0 Å². The number of carbonyl (C=O) groups is 1. The Balaban J connectivity index is 1.58. The van der Waals surface area contributed by atoms with E-state index in [9.17, 15) is 4.79 Å². The fourth-order valence-electron chi connectivity index (χ4n) is 3.33. The number of thiophene rings is 1. The van der Waals surface area contributed by atoms with Gasteiger partial charge >= 0.3 is 0 Å². The lowest BCUT2D eigenvalue weighted by atomic mass is 10.2. The third-order valence-electron chi connectivity index (χ3n) is 4.53. The van der Waals surface area contributed by atoms with E-state index in [1.54, 1.807) is 11.3 Å². The maximum atomic E-state index is 12.3. The summed E-state index contributed by atoms with van der Waals surface area (Å²) in [6.07, 6.45) is 4.46. The van der Waals surface area contributed by atoms with Crippen molar-refractivity contribution in [3.8, 4) is 0 Å².